The summed E-state index contributed by atoms with van der Waals surface area (Å²) in [6.07, 6.45) is -0.861. The molecule has 0 radical (unpaired) electrons. The van der Waals surface area contributed by atoms with Crippen LogP contribution in [-0.2, 0) is 14.3 Å². The number of imide groups is 1. The molecule has 0 spiro atoms. The van der Waals surface area contributed by atoms with Crippen molar-refractivity contribution in [2.45, 2.75) is 20.0 Å². The smallest absolute Gasteiger partial charge is 0.347 e. The fourth-order valence-electron chi connectivity index (χ4n) is 1.42. The third-order valence-corrected chi connectivity index (χ3v) is 2.46. The Morgan fingerprint density at radius 3 is 2.62 bits per heavy atom. The summed E-state index contributed by atoms with van der Waals surface area (Å²) >= 11 is 0. The predicted molar refractivity (Wildman–Crippen MR) is 74.8 cm³/mol. The zero-order valence-corrected chi connectivity index (χ0v) is 12.1. The third kappa shape index (κ3) is 5.94. The van der Waals surface area contributed by atoms with Crippen LogP contribution in [0.4, 0.5) is 4.79 Å². The highest BCUT2D eigenvalue weighted by atomic mass is 16.6. The molecule has 1 aromatic carbocycles. The van der Waals surface area contributed by atoms with E-state index in [2.05, 4.69) is 5.32 Å². The highest BCUT2D eigenvalue weighted by Gasteiger charge is 2.18. The Bertz CT molecular complexity index is 530. The Morgan fingerprint density at radius 2 is 2.00 bits per heavy atom. The average molecular weight is 294 g/mol. The highest BCUT2D eigenvalue weighted by molar-refractivity contribution is 5.95. The summed E-state index contributed by atoms with van der Waals surface area (Å²) in [7, 11) is 1.37. The lowest BCUT2D eigenvalue weighted by atomic mass is 10.2. The Balaban J connectivity index is 2.41. The minimum atomic E-state index is -0.861. The number of carbonyl (C=O) groups excluding carboxylic acids is 3. The minimum Gasteiger partial charge on any atom is -0.479 e. The van der Waals surface area contributed by atoms with Crippen molar-refractivity contribution < 1.29 is 23.9 Å². The van der Waals surface area contributed by atoms with E-state index in [0.717, 1.165) is 5.56 Å². The van der Waals surface area contributed by atoms with Crippen molar-refractivity contribution in [2.24, 2.45) is 0 Å². The zero-order chi connectivity index (χ0) is 15.8. The molecule has 0 heterocycles. The SMILES string of the molecule is CNC(=O)NC(=O)COC(=O)[C@@H](C)Oc1cccc(C)c1. The van der Waals surface area contributed by atoms with Gasteiger partial charge in [0.2, 0.25) is 0 Å². The van der Waals surface area contributed by atoms with Crippen molar-refractivity contribution in [3.05, 3.63) is 29.8 Å². The second-order valence-corrected chi connectivity index (χ2v) is 4.31. The molecule has 0 aliphatic carbocycles. The van der Waals surface area contributed by atoms with Crippen molar-refractivity contribution in [1.82, 2.24) is 10.6 Å². The normalized spacial score (nSPS) is 11.2. The number of esters is 1. The molecule has 1 aromatic rings. The molecule has 3 amide bonds. The van der Waals surface area contributed by atoms with E-state index in [1.54, 1.807) is 18.2 Å². The number of hydrogen-bond acceptors (Lipinski definition) is 5. The molecule has 0 saturated carbocycles. The van der Waals surface area contributed by atoms with E-state index in [0.29, 0.717) is 5.75 Å². The first-order valence-electron chi connectivity index (χ1n) is 6.34. The second kappa shape index (κ2) is 7.88. The van der Waals surface area contributed by atoms with Crippen LogP contribution in [0.5, 0.6) is 5.75 Å². The molecule has 0 saturated heterocycles. The van der Waals surface area contributed by atoms with Crippen LogP contribution in [0.2, 0.25) is 0 Å². The van der Waals surface area contributed by atoms with Gasteiger partial charge in [-0.15, -0.1) is 0 Å². The van der Waals surface area contributed by atoms with Crippen molar-refractivity contribution in [3.63, 3.8) is 0 Å². The monoisotopic (exact) mass is 294 g/mol. The summed E-state index contributed by atoms with van der Waals surface area (Å²) in [4.78, 5) is 33.8. The number of benzene rings is 1. The maximum atomic E-state index is 11.7. The molecule has 2 N–H and O–H groups in total. The topological polar surface area (TPSA) is 93.7 Å². The van der Waals surface area contributed by atoms with Gasteiger partial charge in [-0.25, -0.2) is 9.59 Å². The number of ether oxygens (including phenoxy) is 2. The maximum absolute atomic E-state index is 11.7. The Hall–Kier alpha value is -2.57. The number of nitrogens with one attached hydrogen (secondary N) is 2. The molecular formula is C14H18N2O5. The number of urea groups is 1. The number of aryl methyl sites for hydroxylation is 1. The average Bonchev–Trinajstić information content (AvgIpc) is 2.44. The highest BCUT2D eigenvalue weighted by Crippen LogP contribution is 2.14. The van der Waals surface area contributed by atoms with Gasteiger partial charge < -0.3 is 14.8 Å². The van der Waals surface area contributed by atoms with Gasteiger partial charge in [-0.2, -0.15) is 0 Å². The van der Waals surface area contributed by atoms with Crippen molar-refractivity contribution in [3.8, 4) is 5.75 Å². The number of hydrogen-bond donors (Lipinski definition) is 2. The summed E-state index contributed by atoms with van der Waals surface area (Å²) in [5.41, 5.74) is 0.998. The zero-order valence-electron chi connectivity index (χ0n) is 12.1. The van der Waals surface area contributed by atoms with Gasteiger partial charge in [0, 0.05) is 7.05 Å². The largest absolute Gasteiger partial charge is 0.479 e. The Labute approximate surface area is 122 Å². The third-order valence-electron chi connectivity index (χ3n) is 2.46. The summed E-state index contributed by atoms with van der Waals surface area (Å²) in [5.74, 6) is -0.872. The lowest BCUT2D eigenvalue weighted by molar-refractivity contribution is -0.154. The summed E-state index contributed by atoms with van der Waals surface area (Å²) in [6, 6.07) is 6.54. The van der Waals surface area contributed by atoms with Gasteiger partial charge in [0.05, 0.1) is 0 Å². The van der Waals surface area contributed by atoms with Gasteiger partial charge in [0.1, 0.15) is 5.75 Å². The van der Waals surface area contributed by atoms with Crippen LogP contribution in [0.25, 0.3) is 0 Å². The van der Waals surface area contributed by atoms with E-state index < -0.39 is 30.6 Å². The number of amides is 3. The molecule has 0 aliphatic rings. The molecule has 0 aliphatic heterocycles. The molecule has 21 heavy (non-hydrogen) atoms. The van der Waals surface area contributed by atoms with E-state index >= 15 is 0 Å². The molecule has 1 rings (SSSR count). The van der Waals surface area contributed by atoms with Crippen LogP contribution in [-0.4, -0.2) is 37.7 Å². The first kappa shape index (κ1) is 16.5. The van der Waals surface area contributed by atoms with Crippen molar-refractivity contribution in [1.29, 1.82) is 0 Å². The molecular weight excluding hydrogens is 276 g/mol. The van der Waals surface area contributed by atoms with Crippen LogP contribution < -0.4 is 15.4 Å². The van der Waals surface area contributed by atoms with Gasteiger partial charge in [0.15, 0.2) is 12.7 Å². The van der Waals surface area contributed by atoms with E-state index in [1.807, 2.05) is 18.3 Å². The molecule has 0 fully saturated rings. The standard InChI is InChI=1S/C14H18N2O5/c1-9-5-4-6-11(7-9)21-10(2)13(18)20-8-12(17)16-14(19)15-3/h4-7,10H,8H2,1-3H3,(H2,15,16,17,19)/t10-/m1/s1. The van der Waals surface area contributed by atoms with Gasteiger partial charge in [-0.3, -0.25) is 10.1 Å². The lowest BCUT2D eigenvalue weighted by Gasteiger charge is -2.14. The molecule has 0 unspecified atom stereocenters. The first-order valence-corrected chi connectivity index (χ1v) is 6.34. The lowest BCUT2D eigenvalue weighted by Crippen LogP contribution is -2.40. The maximum Gasteiger partial charge on any atom is 0.347 e. The van der Waals surface area contributed by atoms with Crippen molar-refractivity contribution in [2.75, 3.05) is 13.7 Å². The second-order valence-electron chi connectivity index (χ2n) is 4.31. The first-order chi connectivity index (χ1) is 9.92. The van der Waals surface area contributed by atoms with Crippen LogP contribution in [0.1, 0.15) is 12.5 Å². The van der Waals surface area contributed by atoms with Gasteiger partial charge in [0.25, 0.3) is 5.91 Å². The number of rotatable bonds is 5. The van der Waals surface area contributed by atoms with E-state index in [4.69, 9.17) is 9.47 Å². The van der Waals surface area contributed by atoms with Gasteiger partial charge in [-0.1, -0.05) is 12.1 Å². The fourth-order valence-corrected chi connectivity index (χ4v) is 1.42. The predicted octanol–water partition coefficient (Wildman–Crippen LogP) is 0.761. The minimum absolute atomic E-state index is 0.536. The Kier molecular flexibility index (Phi) is 6.19. The summed E-state index contributed by atoms with van der Waals surface area (Å²) < 4.78 is 10.2. The fraction of sp³-hybridized carbons (Fsp3) is 0.357. The Morgan fingerprint density at radius 1 is 1.29 bits per heavy atom. The molecule has 114 valence electrons. The molecule has 0 bridgehead atoms. The molecule has 7 heteroatoms. The van der Waals surface area contributed by atoms with E-state index in [9.17, 15) is 14.4 Å². The van der Waals surface area contributed by atoms with E-state index in [1.165, 1.54) is 14.0 Å². The summed E-state index contributed by atoms with van der Waals surface area (Å²) in [6.45, 7) is 2.87. The van der Waals surface area contributed by atoms with Crippen LogP contribution in [0.15, 0.2) is 24.3 Å². The molecule has 1 atom stereocenters. The van der Waals surface area contributed by atoms with Gasteiger partial charge >= 0.3 is 12.0 Å². The van der Waals surface area contributed by atoms with E-state index in [-0.39, 0.29) is 0 Å². The van der Waals surface area contributed by atoms with Crippen LogP contribution in [0, 0.1) is 6.92 Å². The van der Waals surface area contributed by atoms with Crippen LogP contribution in [0.3, 0.4) is 0 Å². The molecule has 7 nitrogen and oxygen atoms in total. The van der Waals surface area contributed by atoms with Gasteiger partial charge in [-0.05, 0) is 31.5 Å². The molecule has 0 aromatic heterocycles. The summed E-state index contributed by atoms with van der Waals surface area (Å²) in [5, 5.41) is 4.18. The quantitative estimate of drug-likeness (QED) is 0.782. The van der Waals surface area contributed by atoms with Crippen LogP contribution >= 0.6 is 0 Å². The van der Waals surface area contributed by atoms with Crippen molar-refractivity contribution >= 4 is 17.9 Å². The number of carbonyl (C=O) groups is 3.